The smallest absolute Gasteiger partial charge is 0.335 e. The molecule has 2 aliphatic heterocycles. The predicted octanol–water partition coefficient (Wildman–Crippen LogP) is 10.5. The van der Waals surface area contributed by atoms with E-state index in [9.17, 15) is 46.9 Å². The highest BCUT2D eigenvalue weighted by atomic mass is 79.9. The number of aliphatic hydroxyl groups is 2. The third-order valence-corrected chi connectivity index (χ3v) is 21.2. The Morgan fingerprint density at radius 1 is 0.634 bits per heavy atom. The fraction of sp³-hybridized carbons (Fsp3) is 0.500. The molecule has 22 heteroatoms. The summed E-state index contributed by atoms with van der Waals surface area (Å²) in [6.07, 6.45) is 13.4. The van der Waals surface area contributed by atoms with Crippen molar-refractivity contribution in [3.05, 3.63) is 137 Å². The van der Waals surface area contributed by atoms with Crippen molar-refractivity contribution in [3.63, 3.8) is 0 Å². The molecule has 0 unspecified atom stereocenters. The Labute approximate surface area is 507 Å². The van der Waals surface area contributed by atoms with E-state index in [2.05, 4.69) is 53.8 Å². The number of primary sulfonamides is 2. The van der Waals surface area contributed by atoms with E-state index in [1.54, 1.807) is 48.6 Å². The molecule has 0 amide bonds. The highest BCUT2D eigenvalue weighted by molar-refractivity contribution is 9.12. The summed E-state index contributed by atoms with van der Waals surface area (Å²) in [5, 5.41) is 53.3. The molecule has 4 aromatic carbocycles. The number of nitrogens with zero attached hydrogens (tertiary/aromatic N) is 2. The largest absolute Gasteiger partial charge is 0.490 e. The number of allylic oxidation sites excluding steroid dienone is 2. The van der Waals surface area contributed by atoms with Crippen LogP contribution >= 0.6 is 55.1 Å². The molecule has 82 heavy (non-hydrogen) atoms. The summed E-state index contributed by atoms with van der Waals surface area (Å²) in [7, 11) is -7.04. The number of rotatable bonds is 18. The number of anilines is 2. The summed E-state index contributed by atoms with van der Waals surface area (Å²) in [6, 6.07) is 22.3. The van der Waals surface area contributed by atoms with Crippen molar-refractivity contribution < 1.29 is 56.3 Å². The molecule has 4 aliphatic carbocycles. The number of aliphatic hydroxyl groups excluding tert-OH is 2. The first kappa shape index (κ1) is 62.3. The molecule has 8 atom stereocenters. The summed E-state index contributed by atoms with van der Waals surface area (Å²) >= 11 is 19.7. The minimum absolute atomic E-state index is 0.0319. The zero-order chi connectivity index (χ0) is 58.7. The summed E-state index contributed by atoms with van der Waals surface area (Å²) in [6.45, 7) is 3.63. The van der Waals surface area contributed by atoms with Crippen molar-refractivity contribution >= 4 is 98.4 Å². The maximum atomic E-state index is 11.9. The van der Waals surface area contributed by atoms with Gasteiger partial charge in [-0.15, -0.1) is 0 Å². The van der Waals surface area contributed by atoms with E-state index in [4.69, 9.17) is 43.0 Å². The van der Waals surface area contributed by atoms with E-state index in [0.29, 0.717) is 76.6 Å². The lowest BCUT2D eigenvalue weighted by Crippen LogP contribution is -2.49. The zero-order valence-corrected chi connectivity index (χ0v) is 51.9. The number of carbonyl (C=O) groups is 2. The molecule has 2 fully saturated rings. The second kappa shape index (κ2) is 26.2. The number of ether oxygens (including phenoxy) is 2. The van der Waals surface area contributed by atoms with Gasteiger partial charge in [0.2, 0.25) is 20.0 Å². The molecule has 2 saturated carbocycles. The molecule has 10 rings (SSSR count). The van der Waals surface area contributed by atoms with Crippen LogP contribution in [0, 0.1) is 23.7 Å². The fourth-order valence-corrected chi connectivity index (χ4v) is 15.9. The number of fused-ring (bicyclic) bond motifs is 6. The van der Waals surface area contributed by atoms with Crippen LogP contribution in [0.4, 0.5) is 11.4 Å². The Morgan fingerprint density at radius 2 is 1.04 bits per heavy atom. The Hall–Kier alpha value is -4.22. The molecule has 4 aromatic rings. The van der Waals surface area contributed by atoms with Crippen LogP contribution in [0.2, 0.25) is 10.0 Å². The van der Waals surface area contributed by atoms with Crippen LogP contribution in [0.25, 0.3) is 0 Å². The number of carboxylic acid groups (broad SMARTS) is 2. The maximum absolute atomic E-state index is 11.9. The van der Waals surface area contributed by atoms with Gasteiger partial charge in [0.25, 0.3) is 0 Å². The molecule has 2 spiro atoms. The summed E-state index contributed by atoms with van der Waals surface area (Å²) in [5.74, 6) is -0.407. The van der Waals surface area contributed by atoms with Gasteiger partial charge in [-0.3, -0.25) is 0 Å². The van der Waals surface area contributed by atoms with E-state index in [1.165, 1.54) is 22.3 Å². The number of halogens is 4. The fourth-order valence-electron chi connectivity index (χ4n) is 13.3. The lowest BCUT2D eigenvalue weighted by Gasteiger charge is -2.45. The average molecular weight is 1340 g/mol. The number of carboxylic acids is 2. The van der Waals surface area contributed by atoms with Gasteiger partial charge in [0.15, 0.2) is 0 Å². The Morgan fingerprint density at radius 3 is 1.39 bits per heavy atom. The average Bonchev–Trinajstić information content (AvgIpc) is 3.78. The number of aryl methyl sites for hydroxylation is 2. The van der Waals surface area contributed by atoms with Crippen molar-refractivity contribution in [2.45, 2.75) is 113 Å². The summed E-state index contributed by atoms with van der Waals surface area (Å²) in [5.41, 5.74) is 6.35. The monoisotopic (exact) mass is 1330 g/mol. The van der Waals surface area contributed by atoms with E-state index < -0.39 is 44.2 Å². The molecule has 0 saturated heterocycles. The van der Waals surface area contributed by atoms with Crippen molar-refractivity contribution in [2.75, 3.05) is 60.7 Å². The highest BCUT2D eigenvalue weighted by Gasteiger charge is 2.46. The molecular weight excluding hydrogens is 1260 g/mol. The molecular formula is C60H72Br2Cl2N4O12S2. The van der Waals surface area contributed by atoms with E-state index in [0.717, 1.165) is 94.6 Å². The van der Waals surface area contributed by atoms with Crippen LogP contribution in [-0.4, -0.2) is 112 Å². The number of benzene rings is 4. The first-order valence-corrected chi connectivity index (χ1v) is 33.8. The van der Waals surface area contributed by atoms with Crippen LogP contribution in [0.1, 0.15) is 120 Å². The number of sulfonamides is 2. The van der Waals surface area contributed by atoms with E-state index in [-0.39, 0.29) is 57.1 Å². The summed E-state index contributed by atoms with van der Waals surface area (Å²) < 4.78 is 59.3. The van der Waals surface area contributed by atoms with Gasteiger partial charge in [0.05, 0.1) is 59.4 Å². The van der Waals surface area contributed by atoms with Crippen molar-refractivity contribution in [1.82, 2.24) is 0 Å². The minimum Gasteiger partial charge on any atom is -0.490 e. The van der Waals surface area contributed by atoms with Gasteiger partial charge in [0.1, 0.15) is 11.5 Å². The van der Waals surface area contributed by atoms with Gasteiger partial charge in [-0.25, -0.2) is 36.7 Å². The molecule has 0 aromatic heterocycles. The second-order valence-electron chi connectivity index (χ2n) is 23.3. The van der Waals surface area contributed by atoms with Crippen LogP contribution in [0.3, 0.4) is 0 Å². The molecule has 8 N–H and O–H groups in total. The lowest BCUT2D eigenvalue weighted by atomic mass is 9.68. The van der Waals surface area contributed by atoms with Crippen LogP contribution < -0.4 is 29.6 Å². The molecule has 444 valence electrons. The van der Waals surface area contributed by atoms with Gasteiger partial charge in [-0.2, -0.15) is 0 Å². The van der Waals surface area contributed by atoms with Crippen LogP contribution in [0.5, 0.6) is 11.5 Å². The maximum Gasteiger partial charge on any atom is 0.335 e. The van der Waals surface area contributed by atoms with E-state index in [1.807, 2.05) is 24.3 Å². The number of hydrogen-bond donors (Lipinski definition) is 6. The number of nitrogens with two attached hydrogens (primary N) is 2. The normalized spacial score (nSPS) is 25.0. The topological polar surface area (TPSA) is 260 Å². The van der Waals surface area contributed by atoms with Crippen molar-refractivity contribution in [3.8, 4) is 11.5 Å². The Bertz CT molecular complexity index is 3120. The molecule has 2 heterocycles. The van der Waals surface area contributed by atoms with Gasteiger partial charge in [0, 0.05) is 47.1 Å². The van der Waals surface area contributed by atoms with Crippen molar-refractivity contribution in [2.24, 2.45) is 33.9 Å². The lowest BCUT2D eigenvalue weighted by molar-refractivity contribution is 0.0453. The highest BCUT2D eigenvalue weighted by Crippen LogP contribution is 2.49. The number of aromatic carboxylic acids is 2. The summed E-state index contributed by atoms with van der Waals surface area (Å²) in [4.78, 5) is 28.3. The first-order valence-electron chi connectivity index (χ1n) is 28.1. The standard InChI is InChI=1S/2C30H36BrClN2O6S/c2*31-22(4-2-12-41(33,38)39)15-27(35)24-8-5-21(24)16-34-17-30(11-1-3-19-13-23(32)7-9-25(19)30)18-40-28-10-6-20(29(36)37)14-26(28)34/h2*6-7,9-10,13-15,21,24,27,35H,1-5,8,11-12,16-18H2,(H,36,37)(H2,33,38,39)/b2*22-15-/t21-,24+,27+,30-;21-,24+,27-,30-/m00/s1. The SMILES string of the molecule is NS(=O)(=O)CCC/C(Br)=C/[C@@H](O)[C@@H]1CC[C@H]1CN1C[C@@]2(CCCc3cc(Cl)ccc32)COc2ccc(C(=O)O)cc21.NS(=O)(=O)CCC/C(Br)=C/[C@H](O)[C@@H]1CC[C@H]1CN1C[C@@]2(CCCc3cc(Cl)ccc32)COc2ccc(C(=O)O)cc21. The quantitative estimate of drug-likeness (QED) is 0.0542. The zero-order valence-electron chi connectivity index (χ0n) is 45.5. The van der Waals surface area contributed by atoms with Crippen molar-refractivity contribution in [1.29, 1.82) is 0 Å². The Balaban J connectivity index is 0.000000198. The molecule has 6 aliphatic rings. The predicted molar refractivity (Wildman–Crippen MR) is 327 cm³/mol. The third-order valence-electron chi connectivity index (χ3n) is 17.7. The second-order valence-corrected chi connectivity index (χ2v) is 29.7. The third kappa shape index (κ3) is 15.1. The molecule has 0 bridgehead atoms. The molecule has 16 nitrogen and oxygen atoms in total. The van der Waals surface area contributed by atoms with Gasteiger partial charge in [-0.05, 0) is 218 Å². The van der Waals surface area contributed by atoms with E-state index >= 15 is 0 Å². The minimum atomic E-state index is -3.52. The molecule has 0 radical (unpaired) electrons. The first-order chi connectivity index (χ1) is 38.9. The van der Waals surface area contributed by atoms with Gasteiger partial charge in [-0.1, -0.05) is 67.2 Å². The van der Waals surface area contributed by atoms with Gasteiger partial charge < -0.3 is 39.7 Å². The van der Waals surface area contributed by atoms with Crippen LogP contribution in [-0.2, 0) is 43.7 Å². The number of hydrogen-bond acceptors (Lipinski definition) is 12. The Kier molecular flexibility index (Phi) is 19.9. The van der Waals surface area contributed by atoms with Crippen LogP contribution in [0.15, 0.2) is 93.9 Å². The van der Waals surface area contributed by atoms with Gasteiger partial charge >= 0.3 is 11.9 Å².